The monoisotopic (exact) mass is 376 g/mol. The van der Waals surface area contributed by atoms with Gasteiger partial charge in [0, 0.05) is 39.0 Å². The molecule has 0 bridgehead atoms. The SMILES string of the molecule is CCO[Si](CCCNC(=O)NCCCC(C)(C)CC)(OCC)OCC. The third-order valence-corrected chi connectivity index (χ3v) is 7.46. The van der Waals surface area contributed by atoms with E-state index in [0.29, 0.717) is 44.4 Å². The number of rotatable bonds is 15. The summed E-state index contributed by atoms with van der Waals surface area (Å²) in [7, 11) is -2.60. The highest BCUT2D eigenvalue weighted by atomic mass is 28.4. The van der Waals surface area contributed by atoms with E-state index in [0.717, 1.165) is 25.7 Å². The summed E-state index contributed by atoms with van der Waals surface area (Å²) in [6.07, 6.45) is 4.06. The van der Waals surface area contributed by atoms with Crippen LogP contribution in [0.1, 0.15) is 67.2 Å². The number of hydrogen-bond acceptors (Lipinski definition) is 4. The van der Waals surface area contributed by atoms with Gasteiger partial charge in [-0.15, -0.1) is 0 Å². The summed E-state index contributed by atoms with van der Waals surface area (Å²) < 4.78 is 17.4. The van der Waals surface area contributed by atoms with Crippen molar-refractivity contribution in [3.05, 3.63) is 0 Å². The highest BCUT2D eigenvalue weighted by Gasteiger charge is 2.39. The van der Waals surface area contributed by atoms with Gasteiger partial charge in [0.2, 0.25) is 0 Å². The maximum atomic E-state index is 11.8. The summed E-state index contributed by atoms with van der Waals surface area (Å²) in [5, 5.41) is 5.82. The highest BCUT2D eigenvalue weighted by Crippen LogP contribution is 2.25. The standard InChI is InChI=1S/C18H40N2O4Si/c1-7-18(5,6)13-11-14-19-17(21)20-15-12-16-25(22-8-2,23-9-3)24-10-4/h7-16H2,1-6H3,(H2,19,20,21). The molecule has 0 saturated heterocycles. The van der Waals surface area contributed by atoms with Crippen LogP contribution in [0.5, 0.6) is 0 Å². The van der Waals surface area contributed by atoms with Gasteiger partial charge < -0.3 is 23.9 Å². The Labute approximate surface area is 155 Å². The number of carbonyl (C=O) groups excluding carboxylic acids is 1. The Kier molecular flexibility index (Phi) is 13.2. The third-order valence-electron chi connectivity index (χ3n) is 4.31. The Morgan fingerprint density at radius 1 is 0.880 bits per heavy atom. The van der Waals surface area contributed by atoms with Gasteiger partial charge in [0.25, 0.3) is 0 Å². The maximum Gasteiger partial charge on any atom is 0.500 e. The maximum absolute atomic E-state index is 11.8. The molecule has 6 nitrogen and oxygen atoms in total. The molecule has 0 rings (SSSR count). The molecule has 0 aromatic rings. The molecule has 2 amide bonds. The van der Waals surface area contributed by atoms with Crippen LogP contribution < -0.4 is 10.6 Å². The van der Waals surface area contributed by atoms with Crippen LogP contribution in [0.4, 0.5) is 4.79 Å². The van der Waals surface area contributed by atoms with Crippen LogP contribution in [-0.4, -0.2) is 47.7 Å². The lowest BCUT2D eigenvalue weighted by Gasteiger charge is -2.28. The Morgan fingerprint density at radius 3 is 1.80 bits per heavy atom. The van der Waals surface area contributed by atoms with Gasteiger partial charge in [-0.1, -0.05) is 27.2 Å². The molecule has 0 unspecified atom stereocenters. The number of hydrogen-bond donors (Lipinski definition) is 2. The molecule has 7 heteroatoms. The van der Waals surface area contributed by atoms with Gasteiger partial charge in [-0.2, -0.15) is 0 Å². The molecule has 25 heavy (non-hydrogen) atoms. The molecule has 0 aliphatic heterocycles. The molecule has 0 aliphatic carbocycles. The predicted octanol–water partition coefficient (Wildman–Crippen LogP) is 3.94. The Morgan fingerprint density at radius 2 is 1.36 bits per heavy atom. The highest BCUT2D eigenvalue weighted by molar-refractivity contribution is 6.60. The van der Waals surface area contributed by atoms with Gasteiger partial charge in [0.15, 0.2) is 0 Å². The Bertz CT molecular complexity index is 337. The third kappa shape index (κ3) is 11.6. The molecule has 0 spiro atoms. The van der Waals surface area contributed by atoms with Crippen LogP contribution in [0.25, 0.3) is 0 Å². The minimum atomic E-state index is -2.60. The van der Waals surface area contributed by atoms with E-state index in [1.54, 1.807) is 0 Å². The van der Waals surface area contributed by atoms with E-state index in [-0.39, 0.29) is 6.03 Å². The molecule has 150 valence electrons. The molecule has 0 aromatic heterocycles. The number of nitrogens with one attached hydrogen (secondary N) is 2. The van der Waals surface area contributed by atoms with E-state index in [9.17, 15) is 4.79 Å². The Hall–Kier alpha value is -0.633. The van der Waals surface area contributed by atoms with Crippen molar-refractivity contribution in [2.45, 2.75) is 73.3 Å². The van der Waals surface area contributed by atoms with Gasteiger partial charge in [0.1, 0.15) is 0 Å². The topological polar surface area (TPSA) is 68.8 Å². The molecule has 0 aliphatic rings. The second kappa shape index (κ2) is 13.6. The first kappa shape index (κ1) is 24.4. The van der Waals surface area contributed by atoms with Crippen molar-refractivity contribution in [2.24, 2.45) is 5.41 Å². The summed E-state index contributed by atoms with van der Waals surface area (Å²) in [5.41, 5.74) is 0.351. The van der Waals surface area contributed by atoms with Gasteiger partial charge in [-0.25, -0.2) is 4.79 Å². The van der Waals surface area contributed by atoms with E-state index in [1.165, 1.54) is 0 Å². The van der Waals surface area contributed by atoms with Crippen LogP contribution in [0.15, 0.2) is 0 Å². The molecule has 2 N–H and O–H groups in total. The average molecular weight is 377 g/mol. The zero-order chi connectivity index (χ0) is 19.2. The van der Waals surface area contributed by atoms with Crippen LogP contribution in [0.2, 0.25) is 6.04 Å². The fourth-order valence-electron chi connectivity index (χ4n) is 2.52. The molecule has 0 aromatic carbocycles. The van der Waals surface area contributed by atoms with Crippen LogP contribution >= 0.6 is 0 Å². The van der Waals surface area contributed by atoms with Crippen molar-refractivity contribution in [3.63, 3.8) is 0 Å². The minimum Gasteiger partial charge on any atom is -0.374 e. The predicted molar refractivity (Wildman–Crippen MR) is 105 cm³/mol. The minimum absolute atomic E-state index is 0.106. The number of amides is 2. The zero-order valence-electron chi connectivity index (χ0n) is 17.2. The fraction of sp³-hybridized carbons (Fsp3) is 0.944. The van der Waals surface area contributed by atoms with E-state index >= 15 is 0 Å². The van der Waals surface area contributed by atoms with E-state index < -0.39 is 8.80 Å². The molecule has 0 fully saturated rings. The molecular formula is C18H40N2O4Si. The van der Waals surface area contributed by atoms with Gasteiger partial charge in [-0.05, 0) is 45.4 Å². The Balaban J connectivity index is 4.01. The first-order chi connectivity index (χ1) is 11.8. The van der Waals surface area contributed by atoms with Crippen molar-refractivity contribution < 1.29 is 18.1 Å². The van der Waals surface area contributed by atoms with Crippen molar-refractivity contribution in [2.75, 3.05) is 32.9 Å². The van der Waals surface area contributed by atoms with E-state index in [2.05, 4.69) is 31.4 Å². The van der Waals surface area contributed by atoms with Crippen LogP contribution in [0, 0.1) is 5.41 Å². The van der Waals surface area contributed by atoms with Gasteiger partial charge in [0.05, 0.1) is 0 Å². The lowest BCUT2D eigenvalue weighted by molar-refractivity contribution is 0.0708. The molecule has 0 saturated carbocycles. The summed E-state index contributed by atoms with van der Waals surface area (Å²) in [4.78, 5) is 11.8. The summed E-state index contributed by atoms with van der Waals surface area (Å²) in [6, 6.07) is 0.610. The first-order valence-electron chi connectivity index (χ1n) is 9.78. The van der Waals surface area contributed by atoms with Gasteiger partial charge >= 0.3 is 14.8 Å². The van der Waals surface area contributed by atoms with Gasteiger partial charge in [-0.3, -0.25) is 0 Å². The van der Waals surface area contributed by atoms with Crippen LogP contribution in [-0.2, 0) is 13.3 Å². The molecular weight excluding hydrogens is 336 g/mol. The second-order valence-corrected chi connectivity index (χ2v) is 9.62. The molecule has 0 radical (unpaired) electrons. The quantitative estimate of drug-likeness (QED) is 0.335. The van der Waals surface area contributed by atoms with E-state index in [1.807, 2.05) is 20.8 Å². The van der Waals surface area contributed by atoms with E-state index in [4.69, 9.17) is 13.3 Å². The van der Waals surface area contributed by atoms with Crippen molar-refractivity contribution >= 4 is 14.8 Å². The van der Waals surface area contributed by atoms with Crippen molar-refractivity contribution in [1.29, 1.82) is 0 Å². The lowest BCUT2D eigenvalue weighted by atomic mass is 9.85. The lowest BCUT2D eigenvalue weighted by Crippen LogP contribution is -2.46. The van der Waals surface area contributed by atoms with Crippen molar-refractivity contribution in [1.82, 2.24) is 10.6 Å². The second-order valence-electron chi connectivity index (χ2n) is 6.89. The summed E-state index contributed by atoms with van der Waals surface area (Å²) in [6.45, 7) is 15.6. The smallest absolute Gasteiger partial charge is 0.374 e. The fourth-order valence-corrected chi connectivity index (χ4v) is 5.13. The molecule has 0 heterocycles. The normalized spacial score (nSPS) is 12.2. The summed E-state index contributed by atoms with van der Waals surface area (Å²) >= 11 is 0. The first-order valence-corrected chi connectivity index (χ1v) is 11.7. The summed E-state index contributed by atoms with van der Waals surface area (Å²) in [5.74, 6) is 0. The van der Waals surface area contributed by atoms with Crippen molar-refractivity contribution in [3.8, 4) is 0 Å². The zero-order valence-corrected chi connectivity index (χ0v) is 18.2. The number of carbonyl (C=O) groups is 1. The molecule has 0 atom stereocenters. The van der Waals surface area contributed by atoms with Crippen LogP contribution in [0.3, 0.4) is 0 Å². The average Bonchev–Trinajstić information content (AvgIpc) is 2.56. The largest absolute Gasteiger partial charge is 0.500 e. The number of urea groups is 1.